The Balaban J connectivity index is 1.36. The number of carbonyl (C=O) groups is 1. The van der Waals surface area contributed by atoms with Gasteiger partial charge in [0.1, 0.15) is 12.0 Å². The highest BCUT2D eigenvalue weighted by Crippen LogP contribution is 2.37. The van der Waals surface area contributed by atoms with E-state index in [2.05, 4.69) is 20.6 Å². The average molecular weight is 326 g/mol. The normalized spacial score (nSPS) is 22.7. The van der Waals surface area contributed by atoms with Crippen LogP contribution >= 0.6 is 0 Å². The van der Waals surface area contributed by atoms with Crippen molar-refractivity contribution in [2.75, 3.05) is 11.9 Å². The first kappa shape index (κ1) is 15.2. The van der Waals surface area contributed by atoms with Crippen molar-refractivity contribution in [1.82, 2.24) is 15.3 Å². The van der Waals surface area contributed by atoms with Gasteiger partial charge in [0.2, 0.25) is 0 Å². The number of benzene rings is 1. The van der Waals surface area contributed by atoms with Crippen LogP contribution in [-0.2, 0) is 6.42 Å². The van der Waals surface area contributed by atoms with Crippen molar-refractivity contribution < 1.29 is 9.18 Å². The molecular weight excluding hydrogens is 307 g/mol. The predicted octanol–water partition coefficient (Wildman–Crippen LogP) is 2.46. The first-order chi connectivity index (χ1) is 11.7. The van der Waals surface area contributed by atoms with E-state index in [9.17, 15) is 9.18 Å². The van der Waals surface area contributed by atoms with Crippen LogP contribution in [0.25, 0.3) is 0 Å². The number of nitrogens with one attached hydrogen (secondary N) is 2. The molecule has 2 unspecified atom stereocenters. The molecule has 2 aliphatic rings. The van der Waals surface area contributed by atoms with Crippen molar-refractivity contribution in [3.63, 3.8) is 0 Å². The highest BCUT2D eigenvalue weighted by Gasteiger charge is 2.29. The molecule has 5 nitrogen and oxygen atoms in total. The number of carbonyl (C=O) groups excluding carboxylic acids is 1. The van der Waals surface area contributed by atoms with Gasteiger partial charge in [0.05, 0.1) is 5.56 Å². The van der Waals surface area contributed by atoms with Crippen LogP contribution in [-0.4, -0.2) is 34.6 Å². The average Bonchev–Trinajstić information content (AvgIpc) is 3.45. The third-order valence-electron chi connectivity index (χ3n) is 4.56. The number of aromatic nitrogens is 2. The first-order valence-electron chi connectivity index (χ1n) is 8.29. The van der Waals surface area contributed by atoms with E-state index in [1.165, 1.54) is 0 Å². The van der Waals surface area contributed by atoms with Gasteiger partial charge in [-0.25, -0.2) is 14.4 Å². The van der Waals surface area contributed by atoms with Gasteiger partial charge in [-0.05, 0) is 37.0 Å². The largest absolute Gasteiger partial charge is 0.322 e. The van der Waals surface area contributed by atoms with Crippen LogP contribution in [0, 0.1) is 0 Å². The third-order valence-corrected chi connectivity index (χ3v) is 4.56. The number of hydrogen-bond acceptors (Lipinski definition) is 4. The van der Waals surface area contributed by atoms with E-state index in [1.54, 1.807) is 12.4 Å². The summed E-state index contributed by atoms with van der Waals surface area (Å²) in [7, 11) is 0. The standard InChI is InChI=1S/C18H19FN4O/c19-15-10-20-16(15)7-11-1-5-14(6-2-11)23-18(24)13-8-21-17(22-9-13)12-3-4-12/h1-2,5-6,8-9,12,15-16,20H,3-4,7,10H2,(H,23,24). The van der Waals surface area contributed by atoms with Crippen molar-refractivity contribution in [2.45, 2.75) is 37.4 Å². The zero-order chi connectivity index (χ0) is 16.5. The molecule has 2 atom stereocenters. The Morgan fingerprint density at radius 1 is 1.21 bits per heavy atom. The van der Waals surface area contributed by atoms with Gasteiger partial charge >= 0.3 is 0 Å². The molecule has 24 heavy (non-hydrogen) atoms. The maximum Gasteiger partial charge on any atom is 0.258 e. The summed E-state index contributed by atoms with van der Waals surface area (Å²) in [6.07, 6.45) is 5.32. The number of anilines is 1. The number of hydrogen-bond donors (Lipinski definition) is 2. The smallest absolute Gasteiger partial charge is 0.258 e. The fraction of sp³-hybridized carbons (Fsp3) is 0.389. The van der Waals surface area contributed by atoms with Gasteiger partial charge in [-0.1, -0.05) is 12.1 Å². The quantitative estimate of drug-likeness (QED) is 0.886. The lowest BCUT2D eigenvalue weighted by molar-refractivity contribution is 0.102. The van der Waals surface area contributed by atoms with E-state index in [1.807, 2.05) is 24.3 Å². The van der Waals surface area contributed by atoms with Crippen LogP contribution < -0.4 is 10.6 Å². The molecule has 1 aliphatic heterocycles. The molecular formula is C18H19FN4O. The molecule has 1 saturated heterocycles. The molecule has 124 valence electrons. The minimum Gasteiger partial charge on any atom is -0.322 e. The molecule has 0 bridgehead atoms. The van der Waals surface area contributed by atoms with E-state index < -0.39 is 6.17 Å². The monoisotopic (exact) mass is 326 g/mol. The second-order valence-electron chi connectivity index (χ2n) is 6.49. The summed E-state index contributed by atoms with van der Waals surface area (Å²) >= 11 is 0. The highest BCUT2D eigenvalue weighted by atomic mass is 19.1. The molecule has 1 amide bonds. The molecule has 2 N–H and O–H groups in total. The molecule has 2 fully saturated rings. The van der Waals surface area contributed by atoms with Crippen LogP contribution in [0.4, 0.5) is 10.1 Å². The van der Waals surface area contributed by atoms with E-state index in [-0.39, 0.29) is 11.9 Å². The van der Waals surface area contributed by atoms with Crippen molar-refractivity contribution in [2.24, 2.45) is 0 Å². The summed E-state index contributed by atoms with van der Waals surface area (Å²) in [4.78, 5) is 20.7. The van der Waals surface area contributed by atoms with Gasteiger partial charge < -0.3 is 10.6 Å². The van der Waals surface area contributed by atoms with E-state index in [0.717, 1.165) is 24.2 Å². The van der Waals surface area contributed by atoms with Gasteiger partial charge in [0, 0.05) is 36.6 Å². The lowest BCUT2D eigenvalue weighted by atomic mass is 9.96. The molecule has 1 aliphatic carbocycles. The number of halogens is 1. The Labute approximate surface area is 139 Å². The Kier molecular flexibility index (Phi) is 3.98. The minimum atomic E-state index is -0.761. The number of nitrogens with zero attached hydrogens (tertiary/aromatic N) is 2. The molecule has 0 spiro atoms. The van der Waals surface area contributed by atoms with Crippen LogP contribution in [0.3, 0.4) is 0 Å². The van der Waals surface area contributed by atoms with E-state index in [0.29, 0.717) is 30.1 Å². The van der Waals surface area contributed by atoms with Crippen molar-refractivity contribution in [3.05, 3.63) is 53.6 Å². The molecule has 0 radical (unpaired) electrons. The summed E-state index contributed by atoms with van der Waals surface area (Å²) in [5.74, 6) is 1.07. The topological polar surface area (TPSA) is 66.9 Å². The summed E-state index contributed by atoms with van der Waals surface area (Å²) in [5.41, 5.74) is 2.20. The lowest BCUT2D eigenvalue weighted by Crippen LogP contribution is -2.55. The molecule has 6 heteroatoms. The maximum absolute atomic E-state index is 13.3. The number of rotatable bonds is 5. The summed E-state index contributed by atoms with van der Waals surface area (Å²) in [5, 5.41) is 5.90. The van der Waals surface area contributed by atoms with Gasteiger partial charge in [0.15, 0.2) is 0 Å². The number of amides is 1. The molecule has 4 rings (SSSR count). The zero-order valence-electron chi connectivity index (χ0n) is 13.2. The molecule has 1 saturated carbocycles. The minimum absolute atomic E-state index is 0.0902. The molecule has 2 aromatic rings. The Morgan fingerprint density at radius 3 is 2.46 bits per heavy atom. The van der Waals surface area contributed by atoms with E-state index in [4.69, 9.17) is 0 Å². The van der Waals surface area contributed by atoms with Gasteiger partial charge in [-0.2, -0.15) is 0 Å². The maximum atomic E-state index is 13.3. The van der Waals surface area contributed by atoms with Crippen molar-refractivity contribution in [3.8, 4) is 0 Å². The van der Waals surface area contributed by atoms with Gasteiger partial charge in [-0.3, -0.25) is 4.79 Å². The predicted molar refractivity (Wildman–Crippen MR) is 88.8 cm³/mol. The molecule has 2 heterocycles. The Bertz CT molecular complexity index is 728. The SMILES string of the molecule is O=C(Nc1ccc(CC2NCC2F)cc1)c1cnc(C2CC2)nc1. The van der Waals surface area contributed by atoms with Crippen molar-refractivity contribution >= 4 is 11.6 Å². The van der Waals surface area contributed by atoms with Gasteiger partial charge in [0.25, 0.3) is 5.91 Å². The fourth-order valence-electron chi connectivity index (χ4n) is 2.76. The lowest BCUT2D eigenvalue weighted by Gasteiger charge is -2.32. The Hall–Kier alpha value is -2.34. The summed E-state index contributed by atoms with van der Waals surface area (Å²) < 4.78 is 13.3. The number of alkyl halides is 1. The Morgan fingerprint density at radius 2 is 1.92 bits per heavy atom. The molecule has 1 aromatic carbocycles. The highest BCUT2D eigenvalue weighted by molar-refractivity contribution is 6.03. The van der Waals surface area contributed by atoms with Crippen molar-refractivity contribution in [1.29, 1.82) is 0 Å². The fourth-order valence-corrected chi connectivity index (χ4v) is 2.76. The molecule has 1 aromatic heterocycles. The van der Waals surface area contributed by atoms with Crippen LogP contribution in [0.15, 0.2) is 36.7 Å². The van der Waals surface area contributed by atoms with Crippen LogP contribution in [0.5, 0.6) is 0 Å². The third kappa shape index (κ3) is 3.28. The second-order valence-corrected chi connectivity index (χ2v) is 6.49. The first-order valence-corrected chi connectivity index (χ1v) is 8.29. The van der Waals surface area contributed by atoms with Crippen LogP contribution in [0.1, 0.15) is 40.5 Å². The second kappa shape index (κ2) is 6.28. The van der Waals surface area contributed by atoms with E-state index >= 15 is 0 Å². The van der Waals surface area contributed by atoms with Crippen LogP contribution in [0.2, 0.25) is 0 Å². The van der Waals surface area contributed by atoms with Gasteiger partial charge in [-0.15, -0.1) is 0 Å². The summed E-state index contributed by atoms with van der Waals surface area (Å²) in [6.45, 7) is 0.445. The summed E-state index contributed by atoms with van der Waals surface area (Å²) in [6, 6.07) is 7.40. The zero-order valence-corrected chi connectivity index (χ0v) is 13.2.